The van der Waals surface area contributed by atoms with Crippen LogP contribution in [0.4, 0.5) is 0 Å². The molecule has 0 aliphatic heterocycles. The molecule has 0 radical (unpaired) electrons. The lowest BCUT2D eigenvalue weighted by atomic mass is 10.1. The summed E-state index contributed by atoms with van der Waals surface area (Å²) < 4.78 is 3.68. The number of benzene rings is 1. The Labute approximate surface area is 149 Å². The first-order chi connectivity index (χ1) is 12.9. The van der Waals surface area contributed by atoms with E-state index in [4.69, 9.17) is 0 Å². The van der Waals surface area contributed by atoms with Crippen LogP contribution in [0.1, 0.15) is 0 Å². The van der Waals surface area contributed by atoms with Crippen LogP contribution in [0.2, 0.25) is 0 Å². The standard InChI is InChI=1S/C20H14N6/c1-4-15(10-18(6-1)25-9-3-8-23-25)19-14-22-20-11-17(13-24-26(19)20)16-5-2-7-21-12-16/h1-14H. The number of rotatable bonds is 3. The van der Waals surface area contributed by atoms with Crippen molar-refractivity contribution in [3.05, 3.63) is 85.7 Å². The minimum absolute atomic E-state index is 0.797. The summed E-state index contributed by atoms with van der Waals surface area (Å²) in [7, 11) is 0. The summed E-state index contributed by atoms with van der Waals surface area (Å²) in [6.45, 7) is 0. The van der Waals surface area contributed by atoms with Gasteiger partial charge in [-0.05, 0) is 30.3 Å². The third kappa shape index (κ3) is 2.44. The van der Waals surface area contributed by atoms with Gasteiger partial charge in [-0.1, -0.05) is 18.2 Å². The van der Waals surface area contributed by atoms with Crippen LogP contribution in [0.5, 0.6) is 0 Å². The highest BCUT2D eigenvalue weighted by atomic mass is 15.3. The van der Waals surface area contributed by atoms with E-state index in [0.29, 0.717) is 0 Å². The SMILES string of the molecule is c1cncc(-c2cnn3c(-c4cccc(-n5cccn5)c4)cnc3c2)c1. The van der Waals surface area contributed by atoms with Gasteiger partial charge in [0.25, 0.3) is 0 Å². The number of nitrogens with zero attached hydrogens (tertiary/aromatic N) is 6. The largest absolute Gasteiger partial charge is 0.264 e. The Bertz CT molecular complexity index is 1180. The molecular weight excluding hydrogens is 324 g/mol. The molecule has 0 fully saturated rings. The van der Waals surface area contributed by atoms with Crippen LogP contribution in [-0.2, 0) is 0 Å². The zero-order valence-electron chi connectivity index (χ0n) is 13.8. The second-order valence-corrected chi connectivity index (χ2v) is 5.90. The molecule has 4 aromatic heterocycles. The van der Waals surface area contributed by atoms with Gasteiger partial charge in [0.05, 0.1) is 23.8 Å². The molecule has 6 nitrogen and oxygen atoms in total. The Balaban J connectivity index is 1.59. The number of imidazole rings is 1. The summed E-state index contributed by atoms with van der Waals surface area (Å²) in [5.41, 5.74) is 5.78. The number of aromatic nitrogens is 6. The fourth-order valence-corrected chi connectivity index (χ4v) is 2.99. The van der Waals surface area contributed by atoms with Gasteiger partial charge in [0.1, 0.15) is 0 Å². The van der Waals surface area contributed by atoms with Gasteiger partial charge < -0.3 is 0 Å². The molecule has 0 N–H and O–H groups in total. The highest BCUT2D eigenvalue weighted by molar-refractivity contribution is 5.69. The topological polar surface area (TPSA) is 60.9 Å². The van der Waals surface area contributed by atoms with E-state index in [2.05, 4.69) is 26.2 Å². The van der Waals surface area contributed by atoms with E-state index in [1.54, 1.807) is 12.4 Å². The molecule has 0 aliphatic rings. The summed E-state index contributed by atoms with van der Waals surface area (Å²) >= 11 is 0. The lowest BCUT2D eigenvalue weighted by Crippen LogP contribution is -1.97. The quantitative estimate of drug-likeness (QED) is 0.504. The van der Waals surface area contributed by atoms with E-state index >= 15 is 0 Å². The average molecular weight is 338 g/mol. The number of fused-ring (bicyclic) bond motifs is 1. The van der Waals surface area contributed by atoms with Crippen molar-refractivity contribution in [1.82, 2.24) is 29.4 Å². The molecule has 26 heavy (non-hydrogen) atoms. The van der Waals surface area contributed by atoms with Crippen molar-refractivity contribution in [3.63, 3.8) is 0 Å². The van der Waals surface area contributed by atoms with Gasteiger partial charge >= 0.3 is 0 Å². The summed E-state index contributed by atoms with van der Waals surface area (Å²) in [4.78, 5) is 8.70. The third-order valence-electron chi connectivity index (χ3n) is 4.27. The van der Waals surface area contributed by atoms with E-state index < -0.39 is 0 Å². The van der Waals surface area contributed by atoms with Crippen LogP contribution in [0.15, 0.2) is 85.7 Å². The molecule has 0 bridgehead atoms. The maximum atomic E-state index is 4.59. The monoisotopic (exact) mass is 338 g/mol. The maximum absolute atomic E-state index is 4.59. The normalized spacial score (nSPS) is 11.1. The van der Waals surface area contributed by atoms with E-state index in [-0.39, 0.29) is 0 Å². The number of pyridine rings is 1. The molecule has 0 spiro atoms. The third-order valence-corrected chi connectivity index (χ3v) is 4.27. The predicted octanol–water partition coefficient (Wildman–Crippen LogP) is 3.64. The van der Waals surface area contributed by atoms with Crippen LogP contribution < -0.4 is 0 Å². The van der Waals surface area contributed by atoms with Gasteiger partial charge in [-0.3, -0.25) is 4.98 Å². The minimum atomic E-state index is 0.797. The molecular formula is C20H14N6. The molecule has 0 aliphatic carbocycles. The Hall–Kier alpha value is -3.80. The second kappa shape index (κ2) is 5.93. The highest BCUT2D eigenvalue weighted by Crippen LogP contribution is 2.24. The fraction of sp³-hybridized carbons (Fsp3) is 0. The zero-order valence-corrected chi connectivity index (χ0v) is 13.8. The minimum Gasteiger partial charge on any atom is -0.264 e. The maximum Gasteiger partial charge on any atom is 0.154 e. The van der Waals surface area contributed by atoms with E-state index in [9.17, 15) is 0 Å². The molecule has 0 unspecified atom stereocenters. The molecule has 0 saturated carbocycles. The van der Waals surface area contributed by atoms with E-state index in [1.807, 2.05) is 76.4 Å². The van der Waals surface area contributed by atoms with Crippen molar-refractivity contribution in [1.29, 1.82) is 0 Å². The molecule has 0 saturated heterocycles. The average Bonchev–Trinajstić information content (AvgIpc) is 3.38. The molecule has 5 aromatic rings. The Kier molecular flexibility index (Phi) is 3.31. The Morgan fingerprint density at radius 1 is 0.731 bits per heavy atom. The molecule has 124 valence electrons. The van der Waals surface area contributed by atoms with Crippen molar-refractivity contribution in [2.24, 2.45) is 0 Å². The smallest absolute Gasteiger partial charge is 0.154 e. The van der Waals surface area contributed by atoms with Crippen molar-refractivity contribution in [2.75, 3.05) is 0 Å². The number of hydrogen-bond donors (Lipinski definition) is 0. The fourth-order valence-electron chi connectivity index (χ4n) is 2.99. The van der Waals surface area contributed by atoms with E-state index in [1.165, 1.54) is 0 Å². The lowest BCUT2D eigenvalue weighted by Gasteiger charge is -2.06. The van der Waals surface area contributed by atoms with Gasteiger partial charge in [0.15, 0.2) is 5.65 Å². The van der Waals surface area contributed by atoms with Gasteiger partial charge in [0, 0.05) is 41.5 Å². The Morgan fingerprint density at radius 3 is 2.54 bits per heavy atom. The highest BCUT2D eigenvalue weighted by Gasteiger charge is 2.10. The molecule has 1 aromatic carbocycles. The van der Waals surface area contributed by atoms with Gasteiger partial charge in [0.2, 0.25) is 0 Å². The molecule has 4 heterocycles. The Morgan fingerprint density at radius 2 is 1.69 bits per heavy atom. The van der Waals surface area contributed by atoms with Crippen molar-refractivity contribution >= 4 is 5.65 Å². The predicted molar refractivity (Wildman–Crippen MR) is 98.8 cm³/mol. The van der Waals surface area contributed by atoms with Crippen LogP contribution in [0, 0.1) is 0 Å². The van der Waals surface area contributed by atoms with Gasteiger partial charge in [-0.25, -0.2) is 14.2 Å². The number of hydrogen-bond acceptors (Lipinski definition) is 4. The molecule has 5 rings (SSSR count). The van der Waals surface area contributed by atoms with E-state index in [0.717, 1.165) is 33.7 Å². The van der Waals surface area contributed by atoms with Crippen LogP contribution in [0.3, 0.4) is 0 Å². The first-order valence-electron chi connectivity index (χ1n) is 8.23. The second-order valence-electron chi connectivity index (χ2n) is 5.90. The lowest BCUT2D eigenvalue weighted by molar-refractivity contribution is 0.880. The zero-order chi connectivity index (χ0) is 17.3. The summed E-state index contributed by atoms with van der Waals surface area (Å²) in [5, 5.41) is 8.88. The van der Waals surface area contributed by atoms with Crippen LogP contribution in [0.25, 0.3) is 33.7 Å². The van der Waals surface area contributed by atoms with Crippen molar-refractivity contribution < 1.29 is 0 Å². The van der Waals surface area contributed by atoms with Crippen molar-refractivity contribution in [2.45, 2.75) is 0 Å². The van der Waals surface area contributed by atoms with Crippen LogP contribution in [-0.4, -0.2) is 29.4 Å². The van der Waals surface area contributed by atoms with Crippen LogP contribution >= 0.6 is 0 Å². The molecule has 0 atom stereocenters. The first-order valence-corrected chi connectivity index (χ1v) is 8.23. The first kappa shape index (κ1) is 14.5. The van der Waals surface area contributed by atoms with Gasteiger partial charge in [-0.2, -0.15) is 10.2 Å². The van der Waals surface area contributed by atoms with Crippen molar-refractivity contribution in [3.8, 4) is 28.1 Å². The summed E-state index contributed by atoms with van der Waals surface area (Å²) in [5.74, 6) is 0. The summed E-state index contributed by atoms with van der Waals surface area (Å²) in [6, 6.07) is 16.0. The van der Waals surface area contributed by atoms with Gasteiger partial charge in [-0.15, -0.1) is 0 Å². The summed E-state index contributed by atoms with van der Waals surface area (Å²) in [6.07, 6.45) is 11.0. The molecule has 6 heteroatoms. The molecule has 0 amide bonds.